The summed E-state index contributed by atoms with van der Waals surface area (Å²) in [5.74, 6) is -0.300. The molecule has 0 amide bonds. The van der Waals surface area contributed by atoms with Gasteiger partial charge >= 0.3 is 5.97 Å². The van der Waals surface area contributed by atoms with Crippen LogP contribution in [-0.2, 0) is 29.0 Å². The van der Waals surface area contributed by atoms with Crippen molar-refractivity contribution in [2.75, 3.05) is 6.61 Å². The summed E-state index contributed by atoms with van der Waals surface area (Å²) < 4.78 is 4.95. The molecule has 0 heterocycles. The molecule has 0 radical (unpaired) electrons. The fourth-order valence-electron chi connectivity index (χ4n) is 2.88. The Kier molecular flexibility index (Phi) is 24.8. The van der Waals surface area contributed by atoms with Gasteiger partial charge in [0.25, 0.3) is 0 Å². The summed E-state index contributed by atoms with van der Waals surface area (Å²) in [4.78, 5) is 10.8. The minimum absolute atomic E-state index is 0. The van der Waals surface area contributed by atoms with Gasteiger partial charge in [-0.05, 0) is 6.42 Å². The molecule has 0 saturated carbocycles. The molecule has 0 aromatic carbocycles. The van der Waals surface area contributed by atoms with E-state index in [4.69, 9.17) is 4.74 Å². The molecule has 0 bridgehead atoms. The van der Waals surface area contributed by atoms with Gasteiger partial charge in [-0.3, -0.25) is 0 Å². The fraction of sp³-hybridized carbons (Fsp3) is 0.857. The van der Waals surface area contributed by atoms with E-state index in [0.717, 1.165) is 6.42 Å². The predicted molar refractivity (Wildman–Crippen MR) is 101 cm³/mol. The molecular weight excluding hydrogens is 350 g/mol. The van der Waals surface area contributed by atoms with Crippen LogP contribution >= 0.6 is 0 Å². The van der Waals surface area contributed by atoms with Crippen LogP contribution < -0.4 is 0 Å². The molecule has 2 nitrogen and oxygen atoms in total. The quantitative estimate of drug-likeness (QED) is 0.109. The minimum atomic E-state index is -0.300. The molecule has 0 unspecified atom stereocenters. The van der Waals surface area contributed by atoms with Crippen molar-refractivity contribution in [3.8, 4) is 0 Å². The maximum absolute atomic E-state index is 10.8. The molecule has 0 aliphatic heterocycles. The van der Waals surface area contributed by atoms with Crippen LogP contribution in [0.4, 0.5) is 0 Å². The third kappa shape index (κ3) is 21.8. The van der Waals surface area contributed by atoms with Crippen LogP contribution in [0.25, 0.3) is 0 Å². The van der Waals surface area contributed by atoms with Crippen LogP contribution in [0, 0.1) is 0 Å². The van der Waals surface area contributed by atoms with E-state index >= 15 is 0 Å². The molecule has 0 aromatic heterocycles. The molecule has 0 atom stereocenters. The first-order valence-corrected chi connectivity index (χ1v) is 10.1. The van der Waals surface area contributed by atoms with Crippen molar-refractivity contribution in [2.24, 2.45) is 0 Å². The molecule has 0 saturated heterocycles. The van der Waals surface area contributed by atoms with Gasteiger partial charge in [-0.2, -0.15) is 0 Å². The molecule has 0 fully saturated rings. The third-order valence-electron chi connectivity index (χ3n) is 4.41. The van der Waals surface area contributed by atoms with Gasteiger partial charge < -0.3 is 4.74 Å². The van der Waals surface area contributed by atoms with E-state index in [-0.39, 0.29) is 25.4 Å². The topological polar surface area (TPSA) is 26.3 Å². The molecule has 0 aromatic rings. The Morgan fingerprint density at radius 3 is 1.38 bits per heavy atom. The third-order valence-corrected chi connectivity index (χ3v) is 4.41. The van der Waals surface area contributed by atoms with Gasteiger partial charge in [0.2, 0.25) is 0 Å². The Morgan fingerprint density at radius 2 is 1.04 bits per heavy atom. The summed E-state index contributed by atoms with van der Waals surface area (Å²) >= 11 is 0. The van der Waals surface area contributed by atoms with Crippen LogP contribution in [-0.4, -0.2) is 12.6 Å². The zero-order chi connectivity index (χ0) is 17.0. The Hall–Kier alpha value is -0.167. The van der Waals surface area contributed by atoms with Gasteiger partial charge in [-0.1, -0.05) is 110 Å². The molecule has 0 spiro atoms. The Morgan fingerprint density at radius 1 is 0.708 bits per heavy atom. The van der Waals surface area contributed by atoms with Crippen LogP contribution in [0.1, 0.15) is 110 Å². The van der Waals surface area contributed by atoms with Crippen molar-refractivity contribution in [3.63, 3.8) is 0 Å². The van der Waals surface area contributed by atoms with E-state index in [1.54, 1.807) is 0 Å². The number of carbonyl (C=O) groups excluding carboxylic acids is 1. The summed E-state index contributed by atoms with van der Waals surface area (Å²) in [6.07, 6.45) is 23.0. The van der Waals surface area contributed by atoms with Gasteiger partial charge in [0, 0.05) is 25.6 Å². The van der Waals surface area contributed by atoms with E-state index in [2.05, 4.69) is 13.5 Å². The number of carbonyl (C=O) groups is 1. The van der Waals surface area contributed by atoms with Gasteiger partial charge in [0.15, 0.2) is 0 Å². The van der Waals surface area contributed by atoms with Gasteiger partial charge in [-0.25, -0.2) is 4.79 Å². The number of unbranched alkanes of at least 4 members (excludes halogenated alkanes) is 15. The Balaban J connectivity index is 0. The molecule has 0 N–H and O–H groups in total. The zero-order valence-electron chi connectivity index (χ0n) is 16.3. The first-order valence-electron chi connectivity index (χ1n) is 10.1. The van der Waals surface area contributed by atoms with Crippen LogP contribution in [0.15, 0.2) is 12.7 Å². The summed E-state index contributed by atoms with van der Waals surface area (Å²) in [6, 6.07) is 0. The maximum Gasteiger partial charge on any atom is 0.330 e. The molecule has 0 rings (SSSR count). The normalized spacial score (nSPS) is 10.2. The van der Waals surface area contributed by atoms with Crippen LogP contribution in [0.5, 0.6) is 0 Å². The zero-order valence-corrected chi connectivity index (χ0v) is 19.3. The number of esters is 1. The van der Waals surface area contributed by atoms with E-state index in [9.17, 15) is 4.79 Å². The smallest absolute Gasteiger partial charge is 0.330 e. The van der Waals surface area contributed by atoms with Gasteiger partial charge in [0.05, 0.1) is 6.61 Å². The van der Waals surface area contributed by atoms with E-state index in [0.29, 0.717) is 6.61 Å². The first kappa shape index (κ1) is 26.1. The number of hydrogen-bond donors (Lipinski definition) is 0. The van der Waals surface area contributed by atoms with E-state index < -0.39 is 0 Å². The second kappa shape index (κ2) is 22.8. The van der Waals surface area contributed by atoms with Crippen molar-refractivity contribution >= 4 is 5.97 Å². The Labute approximate surface area is 164 Å². The monoisotopic (exact) mass is 388 g/mol. The van der Waals surface area contributed by atoms with Crippen molar-refractivity contribution in [1.82, 2.24) is 0 Å². The van der Waals surface area contributed by atoms with Crippen molar-refractivity contribution in [2.45, 2.75) is 110 Å². The van der Waals surface area contributed by atoms with Gasteiger partial charge in [-0.15, -0.1) is 0 Å². The predicted octanol–water partition coefficient (Wildman–Crippen LogP) is 6.97. The van der Waals surface area contributed by atoms with E-state index in [1.165, 1.54) is 102 Å². The summed E-state index contributed by atoms with van der Waals surface area (Å²) in [5.41, 5.74) is 0. The van der Waals surface area contributed by atoms with E-state index in [1.807, 2.05) is 0 Å². The van der Waals surface area contributed by atoms with Gasteiger partial charge in [0.1, 0.15) is 0 Å². The van der Waals surface area contributed by atoms with Crippen LogP contribution in [0.3, 0.4) is 0 Å². The molecule has 138 valence electrons. The number of ether oxygens (including phenoxy) is 1. The standard InChI is InChI=1S/C21H40O2.Zn/c1-3-5-6-7-8-9-10-11-12-13-14-15-16-17-18-19-20-23-21(22)4-2;/h4H,2-3,5-20H2,1H3;. The number of hydrogen-bond acceptors (Lipinski definition) is 2. The van der Waals surface area contributed by atoms with Crippen molar-refractivity contribution in [3.05, 3.63) is 12.7 Å². The molecule has 3 heteroatoms. The van der Waals surface area contributed by atoms with Crippen molar-refractivity contribution in [1.29, 1.82) is 0 Å². The average molecular weight is 390 g/mol. The average Bonchev–Trinajstić information content (AvgIpc) is 2.57. The summed E-state index contributed by atoms with van der Waals surface area (Å²) in [5, 5.41) is 0. The first-order chi connectivity index (χ1) is 11.3. The Bertz CT molecular complexity index is 267. The summed E-state index contributed by atoms with van der Waals surface area (Å²) in [7, 11) is 0. The second-order valence-electron chi connectivity index (χ2n) is 6.67. The SMILES string of the molecule is C=CC(=O)OCCCCCCCCCCCCCCCCCC.[Zn]. The second-order valence-corrected chi connectivity index (χ2v) is 6.67. The molecule has 24 heavy (non-hydrogen) atoms. The van der Waals surface area contributed by atoms with Crippen LogP contribution in [0.2, 0.25) is 0 Å². The molecule has 0 aliphatic carbocycles. The maximum atomic E-state index is 10.8. The molecular formula is C21H40O2Zn. The number of rotatable bonds is 18. The fourth-order valence-corrected chi connectivity index (χ4v) is 2.88. The molecule has 0 aliphatic rings. The minimum Gasteiger partial charge on any atom is -0.463 e. The summed E-state index contributed by atoms with van der Waals surface area (Å²) in [6.45, 7) is 6.20. The van der Waals surface area contributed by atoms with Crippen molar-refractivity contribution < 1.29 is 29.0 Å². The largest absolute Gasteiger partial charge is 0.463 e.